The zero-order valence-corrected chi connectivity index (χ0v) is 11.6. The molecule has 1 aliphatic heterocycles. The summed E-state index contributed by atoms with van der Waals surface area (Å²) in [5, 5.41) is 4.29. The van der Waals surface area contributed by atoms with E-state index in [9.17, 15) is 0 Å². The predicted octanol–water partition coefficient (Wildman–Crippen LogP) is 3.30. The van der Waals surface area contributed by atoms with Gasteiger partial charge in [0.15, 0.2) is 0 Å². The van der Waals surface area contributed by atoms with Crippen molar-refractivity contribution in [2.24, 2.45) is 0 Å². The van der Waals surface area contributed by atoms with E-state index in [4.69, 9.17) is 16.3 Å². The highest BCUT2D eigenvalue weighted by atomic mass is 35.5. The van der Waals surface area contributed by atoms with Gasteiger partial charge < -0.3 is 10.1 Å². The molecule has 1 N–H and O–H groups in total. The van der Waals surface area contributed by atoms with Crippen molar-refractivity contribution in [3.05, 3.63) is 27.8 Å². The summed E-state index contributed by atoms with van der Waals surface area (Å²) in [6.45, 7) is 2.20. The van der Waals surface area contributed by atoms with Gasteiger partial charge in [0.05, 0.1) is 12.1 Å². The Hall–Kier alpha value is -0.730. The molecule has 1 aliphatic carbocycles. The van der Waals surface area contributed by atoms with Crippen LogP contribution in [0.1, 0.15) is 41.9 Å². The van der Waals surface area contributed by atoms with Crippen LogP contribution in [0.25, 0.3) is 0 Å². The monoisotopic (exact) mass is 265 g/mol. The first-order valence-corrected chi connectivity index (χ1v) is 7.28. The van der Waals surface area contributed by atoms with Gasteiger partial charge in [0.2, 0.25) is 0 Å². The molecule has 0 aromatic heterocycles. The molecule has 0 atom stereocenters. The number of methoxy groups -OCH3 is 1. The number of rotatable bonds is 2. The van der Waals surface area contributed by atoms with Crippen LogP contribution in [-0.2, 0) is 12.8 Å². The maximum Gasteiger partial charge on any atom is 0.141 e. The van der Waals surface area contributed by atoms with Gasteiger partial charge in [0.25, 0.3) is 0 Å². The molecule has 1 saturated heterocycles. The second-order valence-electron chi connectivity index (χ2n) is 5.33. The van der Waals surface area contributed by atoms with Crippen LogP contribution in [0.2, 0.25) is 5.02 Å². The van der Waals surface area contributed by atoms with Crippen LogP contribution in [0.3, 0.4) is 0 Å². The molecule has 0 saturated carbocycles. The van der Waals surface area contributed by atoms with Crippen molar-refractivity contribution in [3.8, 4) is 5.75 Å². The summed E-state index contributed by atoms with van der Waals surface area (Å²) in [6, 6.07) is 2.36. The molecule has 1 fully saturated rings. The SMILES string of the molecule is COc1c(C2CCNCC2)cc2c(c1Cl)CCC2. The Kier molecular flexibility index (Phi) is 3.49. The molecular weight excluding hydrogens is 246 g/mol. The zero-order chi connectivity index (χ0) is 12.5. The van der Waals surface area contributed by atoms with Gasteiger partial charge in [0.1, 0.15) is 5.75 Å². The number of hydrogen-bond donors (Lipinski definition) is 1. The molecule has 0 bridgehead atoms. The largest absolute Gasteiger partial charge is 0.495 e. The highest BCUT2D eigenvalue weighted by Crippen LogP contribution is 2.43. The second-order valence-corrected chi connectivity index (χ2v) is 5.71. The third-order valence-electron chi connectivity index (χ3n) is 4.30. The van der Waals surface area contributed by atoms with Crippen LogP contribution in [0.15, 0.2) is 6.07 Å². The molecule has 2 aliphatic rings. The van der Waals surface area contributed by atoms with Gasteiger partial charge in [-0.05, 0) is 67.8 Å². The Labute approximate surface area is 114 Å². The van der Waals surface area contributed by atoms with E-state index in [-0.39, 0.29) is 0 Å². The fraction of sp³-hybridized carbons (Fsp3) is 0.600. The highest BCUT2D eigenvalue weighted by molar-refractivity contribution is 6.33. The molecule has 98 valence electrons. The first-order chi connectivity index (χ1) is 8.81. The lowest BCUT2D eigenvalue weighted by atomic mass is 9.87. The maximum atomic E-state index is 6.54. The third kappa shape index (κ3) is 2.02. The van der Waals surface area contributed by atoms with Crippen LogP contribution in [0.5, 0.6) is 5.75 Å². The first kappa shape index (κ1) is 12.3. The van der Waals surface area contributed by atoms with Crippen molar-refractivity contribution >= 4 is 11.6 Å². The van der Waals surface area contributed by atoms with Crippen LogP contribution in [-0.4, -0.2) is 20.2 Å². The average Bonchev–Trinajstić information content (AvgIpc) is 2.88. The number of aryl methyl sites for hydroxylation is 1. The molecule has 3 heteroatoms. The number of halogens is 1. The Balaban J connectivity index is 2.04. The van der Waals surface area contributed by atoms with Crippen molar-refractivity contribution in [2.45, 2.75) is 38.0 Å². The smallest absolute Gasteiger partial charge is 0.141 e. The van der Waals surface area contributed by atoms with E-state index in [1.807, 2.05) is 0 Å². The third-order valence-corrected chi connectivity index (χ3v) is 4.70. The standard InChI is InChI=1S/C15H20ClNO/c1-18-15-13(10-5-7-17-8-6-10)9-11-3-2-4-12(11)14(15)16/h9-10,17H,2-8H2,1H3. The Morgan fingerprint density at radius 3 is 2.78 bits per heavy atom. The quantitative estimate of drug-likeness (QED) is 0.886. The van der Waals surface area contributed by atoms with Crippen molar-refractivity contribution < 1.29 is 4.74 Å². The number of nitrogens with one attached hydrogen (secondary N) is 1. The molecular formula is C15H20ClNO. The Morgan fingerprint density at radius 2 is 2.06 bits per heavy atom. The Bertz CT molecular complexity index is 452. The second kappa shape index (κ2) is 5.10. The van der Waals surface area contributed by atoms with Crippen LogP contribution in [0.4, 0.5) is 0 Å². The van der Waals surface area contributed by atoms with E-state index >= 15 is 0 Å². The zero-order valence-electron chi connectivity index (χ0n) is 10.9. The summed E-state index contributed by atoms with van der Waals surface area (Å²) in [7, 11) is 1.74. The summed E-state index contributed by atoms with van der Waals surface area (Å²) >= 11 is 6.54. The van der Waals surface area contributed by atoms with Gasteiger partial charge in [-0.3, -0.25) is 0 Å². The summed E-state index contributed by atoms with van der Waals surface area (Å²) in [6.07, 6.45) is 5.89. The summed E-state index contributed by atoms with van der Waals surface area (Å²) in [5.41, 5.74) is 4.12. The minimum Gasteiger partial charge on any atom is -0.495 e. The topological polar surface area (TPSA) is 21.3 Å². The fourth-order valence-electron chi connectivity index (χ4n) is 3.34. The summed E-state index contributed by atoms with van der Waals surface area (Å²) < 4.78 is 5.60. The van der Waals surface area contributed by atoms with Crippen LogP contribution >= 0.6 is 11.6 Å². The molecule has 0 amide bonds. The average molecular weight is 266 g/mol. The highest BCUT2D eigenvalue weighted by Gasteiger charge is 2.25. The number of benzene rings is 1. The van der Waals surface area contributed by atoms with Crippen LogP contribution < -0.4 is 10.1 Å². The summed E-state index contributed by atoms with van der Waals surface area (Å²) in [4.78, 5) is 0. The number of fused-ring (bicyclic) bond motifs is 1. The molecule has 0 unspecified atom stereocenters. The van der Waals surface area contributed by atoms with E-state index < -0.39 is 0 Å². The number of piperidine rings is 1. The van der Waals surface area contributed by atoms with Crippen LogP contribution in [0, 0.1) is 0 Å². The van der Waals surface area contributed by atoms with Crippen molar-refractivity contribution in [1.29, 1.82) is 0 Å². The normalized spacial score (nSPS) is 19.9. The van der Waals surface area contributed by atoms with Gasteiger partial charge in [0, 0.05) is 0 Å². The van der Waals surface area contributed by atoms with Crippen molar-refractivity contribution in [1.82, 2.24) is 5.32 Å². The molecule has 3 rings (SSSR count). The van der Waals surface area contributed by atoms with Gasteiger partial charge in [-0.15, -0.1) is 0 Å². The molecule has 2 nitrogen and oxygen atoms in total. The van der Waals surface area contributed by atoms with Gasteiger partial charge >= 0.3 is 0 Å². The first-order valence-electron chi connectivity index (χ1n) is 6.90. The number of ether oxygens (including phenoxy) is 1. The van der Waals surface area contributed by atoms with E-state index in [2.05, 4.69) is 11.4 Å². The van der Waals surface area contributed by atoms with E-state index in [0.29, 0.717) is 5.92 Å². The predicted molar refractivity (Wildman–Crippen MR) is 74.9 cm³/mol. The maximum absolute atomic E-state index is 6.54. The molecule has 1 aromatic carbocycles. The fourth-order valence-corrected chi connectivity index (χ4v) is 3.74. The van der Waals surface area contributed by atoms with Gasteiger partial charge in [-0.1, -0.05) is 17.7 Å². The van der Waals surface area contributed by atoms with E-state index in [1.165, 1.54) is 42.4 Å². The van der Waals surface area contributed by atoms with E-state index in [1.54, 1.807) is 7.11 Å². The molecule has 18 heavy (non-hydrogen) atoms. The molecule has 1 heterocycles. The Morgan fingerprint density at radius 1 is 1.28 bits per heavy atom. The lowest BCUT2D eigenvalue weighted by molar-refractivity contribution is 0.391. The lowest BCUT2D eigenvalue weighted by Gasteiger charge is -2.26. The minimum atomic E-state index is 0.601. The van der Waals surface area contributed by atoms with Gasteiger partial charge in [-0.25, -0.2) is 0 Å². The van der Waals surface area contributed by atoms with E-state index in [0.717, 1.165) is 30.3 Å². The molecule has 1 aromatic rings. The van der Waals surface area contributed by atoms with Crippen molar-refractivity contribution in [2.75, 3.05) is 20.2 Å². The molecule has 0 spiro atoms. The minimum absolute atomic E-state index is 0.601. The molecule has 0 radical (unpaired) electrons. The van der Waals surface area contributed by atoms with Crippen molar-refractivity contribution in [3.63, 3.8) is 0 Å². The lowest BCUT2D eigenvalue weighted by Crippen LogP contribution is -2.27. The summed E-state index contributed by atoms with van der Waals surface area (Å²) in [5.74, 6) is 1.54. The number of hydrogen-bond acceptors (Lipinski definition) is 2. The van der Waals surface area contributed by atoms with Gasteiger partial charge in [-0.2, -0.15) is 0 Å².